The Labute approximate surface area is 258 Å². The Morgan fingerprint density at radius 1 is 0.977 bits per heavy atom. The molecular weight excluding hydrogens is 582 g/mol. The first-order chi connectivity index (χ1) is 21.2. The van der Waals surface area contributed by atoms with Gasteiger partial charge < -0.3 is 25.7 Å². The van der Waals surface area contributed by atoms with Gasteiger partial charge in [-0.15, -0.1) is 0 Å². The molecular formula is C31H41N7O5S. The van der Waals surface area contributed by atoms with Gasteiger partial charge in [0.25, 0.3) is 0 Å². The summed E-state index contributed by atoms with van der Waals surface area (Å²) >= 11 is 0. The third-order valence-electron chi connectivity index (χ3n) is 10.6. The van der Waals surface area contributed by atoms with Gasteiger partial charge in [0.15, 0.2) is 0 Å². The number of fused-ring (bicyclic) bond motifs is 1. The molecule has 1 aromatic carbocycles. The number of rotatable bonds is 7. The number of carbonyl (C=O) groups excluding carboxylic acids is 2. The number of amides is 2. The van der Waals surface area contributed by atoms with Crippen molar-refractivity contribution in [1.29, 1.82) is 0 Å². The number of carbonyl (C=O) groups is 2. The van der Waals surface area contributed by atoms with E-state index in [4.69, 9.17) is 15.6 Å². The maximum atomic E-state index is 13.2. The molecule has 236 valence electrons. The number of aromatic nitrogens is 1. The summed E-state index contributed by atoms with van der Waals surface area (Å²) in [6, 6.07) is 11.9. The molecule has 5 atom stereocenters. The second-order valence-corrected chi connectivity index (χ2v) is 15.3. The van der Waals surface area contributed by atoms with Crippen molar-refractivity contribution in [2.45, 2.75) is 45.1 Å². The molecule has 0 spiro atoms. The predicted molar refractivity (Wildman–Crippen MR) is 167 cm³/mol. The van der Waals surface area contributed by atoms with Gasteiger partial charge in [0, 0.05) is 44.2 Å². The number of sulfonamides is 1. The van der Waals surface area contributed by atoms with Crippen LogP contribution in [0.4, 0.5) is 27.7 Å². The average Bonchev–Trinajstić information content (AvgIpc) is 3.03. The first-order valence-corrected chi connectivity index (χ1v) is 17.4. The molecule has 5 fully saturated rings. The molecule has 3 heterocycles. The lowest BCUT2D eigenvalue weighted by Gasteiger charge is -2.58. The van der Waals surface area contributed by atoms with Crippen LogP contribution < -0.4 is 25.9 Å². The minimum Gasteiger partial charge on any atom is -0.369 e. The van der Waals surface area contributed by atoms with Crippen LogP contribution in [0.5, 0.6) is 0 Å². The van der Waals surface area contributed by atoms with Crippen molar-refractivity contribution in [2.24, 2.45) is 28.9 Å². The fraction of sp³-hybridized carbons (Fsp3) is 0.581. The Bertz CT molecular complexity index is 1510. The SMILES string of the molecule is CCS(=O)(=O)N1CCN(c2ccc(N3CCN(OC(=O)NC4[C@@H]5CC6C[C@H]4CC(C(N)=O)(C6)C5)c4ccccc43)cn2)CC1. The zero-order valence-electron chi connectivity index (χ0n) is 25.1. The van der Waals surface area contributed by atoms with Crippen LogP contribution in [0.25, 0.3) is 0 Å². The maximum absolute atomic E-state index is 13.2. The molecule has 2 aliphatic heterocycles. The van der Waals surface area contributed by atoms with Crippen LogP contribution in [0.15, 0.2) is 42.6 Å². The smallest absolute Gasteiger partial charge is 0.369 e. The summed E-state index contributed by atoms with van der Waals surface area (Å²) in [6.07, 6.45) is 5.85. The minimum atomic E-state index is -3.18. The zero-order valence-corrected chi connectivity index (χ0v) is 25.9. The molecule has 2 amide bonds. The number of nitrogens with two attached hydrogens (primary N) is 1. The molecule has 12 nitrogen and oxygen atoms in total. The van der Waals surface area contributed by atoms with E-state index in [1.807, 2.05) is 42.6 Å². The van der Waals surface area contributed by atoms with Gasteiger partial charge in [0.2, 0.25) is 15.9 Å². The molecule has 2 aromatic rings. The van der Waals surface area contributed by atoms with Crippen molar-refractivity contribution in [3.05, 3.63) is 42.6 Å². The highest BCUT2D eigenvalue weighted by atomic mass is 32.2. The lowest BCUT2D eigenvalue weighted by molar-refractivity contribution is -0.145. The van der Waals surface area contributed by atoms with Gasteiger partial charge in [0.05, 0.1) is 35.6 Å². The first-order valence-electron chi connectivity index (χ1n) is 15.8. The molecule has 44 heavy (non-hydrogen) atoms. The quantitative estimate of drug-likeness (QED) is 0.476. The number of para-hydroxylation sites is 2. The Morgan fingerprint density at radius 3 is 2.32 bits per heavy atom. The van der Waals surface area contributed by atoms with Gasteiger partial charge >= 0.3 is 6.09 Å². The third kappa shape index (κ3) is 5.13. The zero-order chi connectivity index (χ0) is 30.6. The number of pyridine rings is 1. The van der Waals surface area contributed by atoms with Crippen LogP contribution in [0, 0.1) is 23.2 Å². The molecule has 4 bridgehead atoms. The highest BCUT2D eigenvalue weighted by Crippen LogP contribution is 2.60. The minimum absolute atomic E-state index is 0.00618. The molecule has 1 aromatic heterocycles. The average molecular weight is 624 g/mol. The summed E-state index contributed by atoms with van der Waals surface area (Å²) in [4.78, 5) is 40.4. The number of benzene rings is 1. The number of primary amides is 1. The van der Waals surface area contributed by atoms with Crippen molar-refractivity contribution in [2.75, 3.05) is 59.9 Å². The lowest BCUT2D eigenvalue weighted by atomic mass is 9.47. The Hall–Kier alpha value is -3.58. The lowest BCUT2D eigenvalue weighted by Crippen LogP contribution is -2.62. The van der Waals surface area contributed by atoms with Gasteiger partial charge in [-0.05, 0) is 81.0 Å². The van der Waals surface area contributed by atoms with Crippen molar-refractivity contribution < 1.29 is 22.8 Å². The number of nitrogens with zero attached hydrogens (tertiary/aromatic N) is 5. The topological polar surface area (TPSA) is 141 Å². The third-order valence-corrected chi connectivity index (χ3v) is 12.5. The monoisotopic (exact) mass is 623 g/mol. The first kappa shape index (κ1) is 29.1. The van der Waals surface area contributed by atoms with E-state index in [9.17, 15) is 18.0 Å². The van der Waals surface area contributed by atoms with Crippen LogP contribution in [0.1, 0.15) is 39.0 Å². The number of hydroxylamine groups is 1. The van der Waals surface area contributed by atoms with Gasteiger partial charge in [-0.3, -0.25) is 4.79 Å². The van der Waals surface area contributed by atoms with E-state index >= 15 is 0 Å². The summed E-state index contributed by atoms with van der Waals surface area (Å²) in [5.41, 5.74) is 8.08. The highest BCUT2D eigenvalue weighted by Gasteiger charge is 2.58. The fourth-order valence-electron chi connectivity index (χ4n) is 8.63. The summed E-state index contributed by atoms with van der Waals surface area (Å²) in [5.74, 6) is 1.79. The summed E-state index contributed by atoms with van der Waals surface area (Å²) in [6.45, 7) is 4.86. The largest absolute Gasteiger partial charge is 0.431 e. The van der Waals surface area contributed by atoms with Crippen LogP contribution in [-0.4, -0.2) is 80.8 Å². The van der Waals surface area contributed by atoms with Crippen LogP contribution >= 0.6 is 0 Å². The molecule has 3 N–H and O–H groups in total. The molecule has 8 rings (SSSR count). The Morgan fingerprint density at radius 2 is 1.68 bits per heavy atom. The van der Waals surface area contributed by atoms with Crippen molar-refractivity contribution in [3.63, 3.8) is 0 Å². The predicted octanol–water partition coefficient (Wildman–Crippen LogP) is 2.83. The van der Waals surface area contributed by atoms with Gasteiger partial charge in [-0.2, -0.15) is 4.31 Å². The van der Waals surface area contributed by atoms with Crippen LogP contribution in [0.3, 0.4) is 0 Å². The summed E-state index contributed by atoms with van der Waals surface area (Å²) in [5, 5.41) is 4.83. The van der Waals surface area contributed by atoms with Gasteiger partial charge in [-0.25, -0.2) is 23.3 Å². The number of anilines is 4. The Kier molecular flexibility index (Phi) is 7.35. The fourth-order valence-corrected chi connectivity index (χ4v) is 9.71. The second kappa shape index (κ2) is 11.1. The second-order valence-electron chi connectivity index (χ2n) is 13.1. The van der Waals surface area contributed by atoms with Crippen molar-refractivity contribution in [1.82, 2.24) is 14.6 Å². The van der Waals surface area contributed by atoms with E-state index in [0.717, 1.165) is 55.0 Å². The summed E-state index contributed by atoms with van der Waals surface area (Å²) < 4.78 is 26.0. The molecule has 4 aliphatic carbocycles. The van der Waals surface area contributed by atoms with Gasteiger partial charge in [0.1, 0.15) is 5.82 Å². The standard InChI is InChI=1S/C31H41N7O5S/c1-2-44(41,42)36-11-9-35(10-12-36)27-8-7-24(20-33-27)37-13-14-38(26-6-4-3-5-25(26)37)43-30(40)34-28-22-15-21-16-23(28)19-31(17-21,18-22)29(32)39/h3-8,20-23,28H,2,9-19H2,1H3,(H2,32,39)(H,34,40)/t21?,22-,23+,28?,31?. The van der Waals surface area contributed by atoms with E-state index in [-0.39, 0.29) is 29.5 Å². The van der Waals surface area contributed by atoms with Crippen molar-refractivity contribution in [3.8, 4) is 0 Å². The van der Waals surface area contributed by atoms with Gasteiger partial charge in [-0.1, -0.05) is 12.1 Å². The number of hydrogen-bond donors (Lipinski definition) is 2. The van der Waals surface area contributed by atoms with E-state index < -0.39 is 21.5 Å². The number of hydrogen-bond acceptors (Lipinski definition) is 9. The number of piperazine rings is 1. The van der Waals surface area contributed by atoms with Crippen LogP contribution in [0.2, 0.25) is 0 Å². The summed E-state index contributed by atoms with van der Waals surface area (Å²) in [7, 11) is -3.18. The van der Waals surface area contributed by atoms with E-state index in [1.54, 1.807) is 16.3 Å². The number of nitrogens with one attached hydrogen (secondary N) is 1. The molecule has 1 saturated heterocycles. The maximum Gasteiger partial charge on any atom is 0.431 e. The normalized spacial score (nSPS) is 29.8. The molecule has 6 aliphatic rings. The van der Waals surface area contributed by atoms with Crippen LogP contribution in [-0.2, 0) is 19.7 Å². The highest BCUT2D eigenvalue weighted by molar-refractivity contribution is 7.89. The molecule has 0 radical (unpaired) electrons. The van der Waals surface area contributed by atoms with Crippen molar-refractivity contribution >= 4 is 44.9 Å². The molecule has 13 heteroatoms. The van der Waals surface area contributed by atoms with E-state index in [0.29, 0.717) is 45.2 Å². The molecule has 4 saturated carbocycles. The molecule has 3 unspecified atom stereocenters. The van der Waals surface area contributed by atoms with E-state index in [1.165, 1.54) is 0 Å². The van der Waals surface area contributed by atoms with E-state index in [2.05, 4.69) is 15.1 Å². The Balaban J connectivity index is 0.998.